The van der Waals surface area contributed by atoms with E-state index in [2.05, 4.69) is 0 Å². The molecule has 2 aromatic carbocycles. The van der Waals surface area contributed by atoms with Crippen LogP contribution < -0.4 is 0 Å². The first-order valence-electron chi connectivity index (χ1n) is 6.55. The molecular formula is C16H12F3NO2S. The summed E-state index contributed by atoms with van der Waals surface area (Å²) in [6.45, 7) is 0. The van der Waals surface area contributed by atoms with Crippen molar-refractivity contribution in [2.24, 2.45) is 0 Å². The number of hydrogen-bond acceptors (Lipinski definition) is 3. The van der Waals surface area contributed by atoms with E-state index in [4.69, 9.17) is 5.26 Å². The first-order valence-corrected chi connectivity index (χ1v) is 8.37. The number of benzene rings is 2. The molecule has 0 unspecified atom stereocenters. The second-order valence-electron chi connectivity index (χ2n) is 5.04. The monoisotopic (exact) mass is 339 g/mol. The Morgan fingerprint density at radius 1 is 0.957 bits per heavy atom. The van der Waals surface area contributed by atoms with Gasteiger partial charge in [0.05, 0.1) is 28.7 Å². The molecule has 0 saturated carbocycles. The van der Waals surface area contributed by atoms with Crippen LogP contribution in [0.15, 0.2) is 48.5 Å². The molecule has 0 fully saturated rings. The van der Waals surface area contributed by atoms with E-state index in [9.17, 15) is 21.6 Å². The summed E-state index contributed by atoms with van der Waals surface area (Å²) >= 11 is 0. The van der Waals surface area contributed by atoms with Crippen LogP contribution in [0.4, 0.5) is 13.2 Å². The topological polar surface area (TPSA) is 57.9 Å². The number of hydrogen-bond donors (Lipinski definition) is 0. The first kappa shape index (κ1) is 17.0. The molecule has 120 valence electrons. The number of rotatable bonds is 4. The van der Waals surface area contributed by atoms with Gasteiger partial charge >= 0.3 is 6.18 Å². The third-order valence-electron chi connectivity index (χ3n) is 3.11. The quantitative estimate of drug-likeness (QED) is 0.853. The van der Waals surface area contributed by atoms with Crippen LogP contribution in [0.5, 0.6) is 0 Å². The maximum atomic E-state index is 12.5. The summed E-state index contributed by atoms with van der Waals surface area (Å²) in [6, 6.07) is 12.2. The molecule has 2 rings (SSSR count). The van der Waals surface area contributed by atoms with Crippen LogP contribution in [0, 0.1) is 11.3 Å². The normalized spacial score (nSPS) is 11.9. The zero-order valence-electron chi connectivity index (χ0n) is 11.8. The first-order chi connectivity index (χ1) is 10.7. The standard InChI is InChI=1S/C16H12F3NO2S/c17-16(18,19)15-6-4-12(5-7-15)10-23(21,22)11-14-3-1-2-13(8-14)9-20/h1-8H,10-11H2. The minimum absolute atomic E-state index is 0.274. The molecule has 0 aliphatic heterocycles. The number of alkyl halides is 3. The number of nitrogens with zero attached hydrogens (tertiary/aromatic N) is 1. The third-order valence-corrected chi connectivity index (χ3v) is 4.66. The van der Waals surface area contributed by atoms with Gasteiger partial charge in [-0.3, -0.25) is 0 Å². The van der Waals surface area contributed by atoms with Crippen molar-refractivity contribution in [3.05, 3.63) is 70.8 Å². The lowest BCUT2D eigenvalue weighted by Crippen LogP contribution is -2.09. The summed E-state index contributed by atoms with van der Waals surface area (Å²) in [5.74, 6) is -0.633. The second-order valence-corrected chi connectivity index (χ2v) is 7.10. The van der Waals surface area contributed by atoms with E-state index in [0.717, 1.165) is 24.3 Å². The summed E-state index contributed by atoms with van der Waals surface area (Å²) in [4.78, 5) is 0. The van der Waals surface area contributed by atoms with Crippen LogP contribution in [0.2, 0.25) is 0 Å². The summed E-state index contributed by atoms with van der Waals surface area (Å²) < 4.78 is 61.7. The minimum Gasteiger partial charge on any atom is -0.228 e. The Bertz CT molecular complexity index is 835. The highest BCUT2D eigenvalue weighted by Crippen LogP contribution is 2.29. The van der Waals surface area contributed by atoms with Gasteiger partial charge in [-0.15, -0.1) is 0 Å². The van der Waals surface area contributed by atoms with E-state index in [-0.39, 0.29) is 17.1 Å². The van der Waals surface area contributed by atoms with Gasteiger partial charge in [-0.05, 0) is 35.4 Å². The average Bonchev–Trinajstić information content (AvgIpc) is 2.46. The molecule has 0 atom stereocenters. The lowest BCUT2D eigenvalue weighted by atomic mass is 10.1. The second kappa shape index (κ2) is 6.42. The van der Waals surface area contributed by atoms with Crippen molar-refractivity contribution in [3.8, 4) is 6.07 Å². The maximum Gasteiger partial charge on any atom is 0.416 e. The van der Waals surface area contributed by atoms with Crippen LogP contribution in [-0.2, 0) is 27.5 Å². The van der Waals surface area contributed by atoms with Crippen molar-refractivity contribution in [1.29, 1.82) is 5.26 Å². The average molecular weight is 339 g/mol. The molecule has 0 aromatic heterocycles. The van der Waals surface area contributed by atoms with Crippen molar-refractivity contribution < 1.29 is 21.6 Å². The smallest absolute Gasteiger partial charge is 0.228 e. The predicted octanol–water partition coefficient (Wildman–Crippen LogP) is 3.69. The van der Waals surface area contributed by atoms with E-state index in [1.807, 2.05) is 6.07 Å². The van der Waals surface area contributed by atoms with E-state index < -0.39 is 21.6 Å². The summed E-state index contributed by atoms with van der Waals surface area (Å²) in [7, 11) is -3.55. The molecule has 3 nitrogen and oxygen atoms in total. The Kier molecular flexibility index (Phi) is 4.76. The summed E-state index contributed by atoms with van der Waals surface area (Å²) in [6.07, 6.45) is -4.45. The largest absolute Gasteiger partial charge is 0.416 e. The Morgan fingerprint density at radius 3 is 2.13 bits per heavy atom. The van der Waals surface area contributed by atoms with Crippen molar-refractivity contribution >= 4 is 9.84 Å². The Hall–Kier alpha value is -2.33. The molecule has 23 heavy (non-hydrogen) atoms. The number of halogens is 3. The van der Waals surface area contributed by atoms with Gasteiger partial charge in [0.25, 0.3) is 0 Å². The molecular weight excluding hydrogens is 327 g/mol. The molecule has 0 heterocycles. The van der Waals surface area contributed by atoms with E-state index in [0.29, 0.717) is 11.1 Å². The minimum atomic E-state index is -4.45. The van der Waals surface area contributed by atoms with Gasteiger partial charge in [0.15, 0.2) is 9.84 Å². The van der Waals surface area contributed by atoms with Crippen LogP contribution in [0.1, 0.15) is 22.3 Å². The Labute approximate surface area is 131 Å². The van der Waals surface area contributed by atoms with Crippen LogP contribution in [0.25, 0.3) is 0 Å². The molecule has 0 amide bonds. The maximum absolute atomic E-state index is 12.5. The van der Waals surface area contributed by atoms with Gasteiger partial charge in [-0.1, -0.05) is 24.3 Å². The Morgan fingerprint density at radius 2 is 1.57 bits per heavy atom. The molecule has 0 aliphatic rings. The molecule has 2 aromatic rings. The van der Waals surface area contributed by atoms with Gasteiger partial charge in [-0.25, -0.2) is 8.42 Å². The molecule has 7 heteroatoms. The zero-order valence-corrected chi connectivity index (χ0v) is 12.7. The molecule has 0 N–H and O–H groups in total. The Balaban J connectivity index is 2.13. The van der Waals surface area contributed by atoms with Crippen LogP contribution in [-0.4, -0.2) is 8.42 Å². The molecule has 0 aliphatic carbocycles. The van der Waals surface area contributed by atoms with E-state index in [1.165, 1.54) is 6.07 Å². The molecule has 0 saturated heterocycles. The van der Waals surface area contributed by atoms with Gasteiger partial charge in [0.2, 0.25) is 0 Å². The highest BCUT2D eigenvalue weighted by molar-refractivity contribution is 7.89. The van der Waals surface area contributed by atoms with Gasteiger partial charge in [-0.2, -0.15) is 18.4 Å². The fraction of sp³-hybridized carbons (Fsp3) is 0.188. The van der Waals surface area contributed by atoms with Gasteiger partial charge in [0.1, 0.15) is 0 Å². The van der Waals surface area contributed by atoms with Crippen molar-refractivity contribution in [2.75, 3.05) is 0 Å². The van der Waals surface area contributed by atoms with Gasteiger partial charge < -0.3 is 0 Å². The molecule has 0 radical (unpaired) electrons. The highest BCUT2D eigenvalue weighted by atomic mass is 32.2. The molecule has 0 spiro atoms. The van der Waals surface area contributed by atoms with E-state index in [1.54, 1.807) is 18.2 Å². The molecule has 0 bridgehead atoms. The fourth-order valence-electron chi connectivity index (χ4n) is 2.08. The lowest BCUT2D eigenvalue weighted by Gasteiger charge is -2.08. The third kappa shape index (κ3) is 4.83. The van der Waals surface area contributed by atoms with Crippen LogP contribution in [0.3, 0.4) is 0 Å². The highest BCUT2D eigenvalue weighted by Gasteiger charge is 2.30. The fourth-order valence-corrected chi connectivity index (χ4v) is 3.57. The van der Waals surface area contributed by atoms with Crippen molar-refractivity contribution in [3.63, 3.8) is 0 Å². The van der Waals surface area contributed by atoms with Crippen molar-refractivity contribution in [1.82, 2.24) is 0 Å². The van der Waals surface area contributed by atoms with Crippen molar-refractivity contribution in [2.45, 2.75) is 17.7 Å². The lowest BCUT2D eigenvalue weighted by molar-refractivity contribution is -0.137. The predicted molar refractivity (Wildman–Crippen MR) is 78.9 cm³/mol. The van der Waals surface area contributed by atoms with Crippen LogP contribution >= 0.6 is 0 Å². The number of sulfone groups is 1. The van der Waals surface area contributed by atoms with E-state index >= 15 is 0 Å². The van der Waals surface area contributed by atoms with Gasteiger partial charge in [0, 0.05) is 0 Å². The SMILES string of the molecule is N#Cc1cccc(CS(=O)(=O)Cc2ccc(C(F)(F)F)cc2)c1. The summed E-state index contributed by atoms with van der Waals surface area (Å²) in [5, 5.41) is 8.80. The number of nitriles is 1. The summed E-state index contributed by atoms with van der Waals surface area (Å²) in [5.41, 5.74) is 0.290. The zero-order chi connectivity index (χ0) is 17.1.